The lowest BCUT2D eigenvalue weighted by Crippen LogP contribution is -2.30. The fraction of sp³-hybridized carbons (Fsp3) is 0.917. The van der Waals surface area contributed by atoms with Crippen LogP contribution in [-0.4, -0.2) is 17.8 Å². The average molecular weight is 278 g/mol. The van der Waals surface area contributed by atoms with Crippen molar-refractivity contribution in [2.24, 2.45) is 11.8 Å². The van der Waals surface area contributed by atoms with Crippen molar-refractivity contribution in [3.05, 3.63) is 0 Å². The highest BCUT2D eigenvalue weighted by Gasteiger charge is 2.09. The van der Waals surface area contributed by atoms with Crippen molar-refractivity contribution < 1.29 is 4.79 Å². The van der Waals surface area contributed by atoms with Crippen molar-refractivity contribution in [2.45, 2.75) is 46.5 Å². The average Bonchev–Trinajstić information content (AvgIpc) is 2.14. The van der Waals surface area contributed by atoms with E-state index < -0.39 is 0 Å². The summed E-state index contributed by atoms with van der Waals surface area (Å²) in [5.74, 6) is 1.27. The van der Waals surface area contributed by atoms with Crippen LogP contribution in [0.3, 0.4) is 0 Å². The van der Waals surface area contributed by atoms with Crippen LogP contribution in [0, 0.1) is 11.8 Å². The van der Waals surface area contributed by atoms with Crippen molar-refractivity contribution in [1.29, 1.82) is 0 Å². The van der Waals surface area contributed by atoms with E-state index in [1.54, 1.807) is 0 Å². The molecule has 3 heteroatoms. The Labute approximate surface area is 102 Å². The molecule has 1 amide bonds. The standard InChI is InChI=1S/C12H24BrNO/c1-4-5-11(6-7-13)9-14-12(15)8-10(2)3/h10-11H,4-9H2,1-3H3,(H,14,15). The van der Waals surface area contributed by atoms with E-state index in [-0.39, 0.29) is 5.91 Å². The predicted molar refractivity (Wildman–Crippen MR) is 69.3 cm³/mol. The first-order valence-corrected chi connectivity index (χ1v) is 7.04. The Morgan fingerprint density at radius 2 is 2.00 bits per heavy atom. The van der Waals surface area contributed by atoms with Crippen LogP contribution in [0.2, 0.25) is 0 Å². The van der Waals surface area contributed by atoms with Crippen LogP contribution in [0.4, 0.5) is 0 Å². The van der Waals surface area contributed by atoms with E-state index in [0.717, 1.165) is 18.3 Å². The van der Waals surface area contributed by atoms with Gasteiger partial charge in [0, 0.05) is 18.3 Å². The molecular weight excluding hydrogens is 254 g/mol. The number of carbonyl (C=O) groups is 1. The largest absolute Gasteiger partial charge is 0.356 e. The van der Waals surface area contributed by atoms with Crippen LogP contribution < -0.4 is 5.32 Å². The minimum absolute atomic E-state index is 0.195. The number of nitrogens with one attached hydrogen (secondary N) is 1. The first-order valence-electron chi connectivity index (χ1n) is 5.92. The summed E-state index contributed by atoms with van der Waals surface area (Å²) in [6, 6.07) is 0. The number of hydrogen-bond acceptors (Lipinski definition) is 1. The number of alkyl halides is 1. The summed E-state index contributed by atoms with van der Waals surface area (Å²) in [7, 11) is 0. The molecule has 15 heavy (non-hydrogen) atoms. The molecule has 1 atom stereocenters. The highest BCUT2D eigenvalue weighted by molar-refractivity contribution is 9.09. The SMILES string of the molecule is CCCC(CCBr)CNC(=O)CC(C)C. The highest BCUT2D eigenvalue weighted by Crippen LogP contribution is 2.11. The minimum atomic E-state index is 0.195. The maximum absolute atomic E-state index is 11.4. The van der Waals surface area contributed by atoms with E-state index in [2.05, 4.69) is 42.0 Å². The zero-order chi connectivity index (χ0) is 11.7. The molecular formula is C12H24BrNO. The molecule has 0 aliphatic heterocycles. The van der Waals surface area contributed by atoms with Gasteiger partial charge in [0.25, 0.3) is 0 Å². The van der Waals surface area contributed by atoms with Crippen LogP contribution >= 0.6 is 15.9 Å². The molecule has 2 nitrogen and oxygen atoms in total. The van der Waals surface area contributed by atoms with Gasteiger partial charge in [-0.15, -0.1) is 0 Å². The Balaban J connectivity index is 3.72. The maximum atomic E-state index is 11.4. The third kappa shape index (κ3) is 8.91. The molecule has 0 spiro atoms. The number of carbonyl (C=O) groups excluding carboxylic acids is 1. The fourth-order valence-electron chi connectivity index (χ4n) is 1.61. The molecule has 0 aliphatic rings. The lowest BCUT2D eigenvalue weighted by Gasteiger charge is -2.16. The van der Waals surface area contributed by atoms with Crippen molar-refractivity contribution in [2.75, 3.05) is 11.9 Å². The number of hydrogen-bond donors (Lipinski definition) is 1. The highest BCUT2D eigenvalue weighted by atomic mass is 79.9. The van der Waals surface area contributed by atoms with Gasteiger partial charge in [0.05, 0.1) is 0 Å². The molecule has 0 aromatic heterocycles. The van der Waals surface area contributed by atoms with E-state index >= 15 is 0 Å². The molecule has 0 fully saturated rings. The van der Waals surface area contributed by atoms with Gasteiger partial charge in [0.15, 0.2) is 0 Å². The topological polar surface area (TPSA) is 29.1 Å². The lowest BCUT2D eigenvalue weighted by atomic mass is 10.0. The Bertz CT molecular complexity index is 165. The van der Waals surface area contributed by atoms with Crippen LogP contribution in [0.25, 0.3) is 0 Å². The molecule has 0 rings (SSSR count). The molecule has 0 aromatic rings. The fourth-order valence-corrected chi connectivity index (χ4v) is 2.26. The molecule has 1 N–H and O–H groups in total. The van der Waals surface area contributed by atoms with Gasteiger partial charge < -0.3 is 5.32 Å². The monoisotopic (exact) mass is 277 g/mol. The summed E-state index contributed by atoms with van der Waals surface area (Å²) in [5.41, 5.74) is 0. The van der Waals surface area contributed by atoms with Crippen molar-refractivity contribution >= 4 is 21.8 Å². The Kier molecular flexibility index (Phi) is 9.17. The van der Waals surface area contributed by atoms with Gasteiger partial charge in [-0.25, -0.2) is 0 Å². The molecule has 1 unspecified atom stereocenters. The molecule has 0 radical (unpaired) electrons. The van der Waals surface area contributed by atoms with Gasteiger partial charge in [0.2, 0.25) is 5.91 Å². The van der Waals surface area contributed by atoms with Crippen LogP contribution in [-0.2, 0) is 4.79 Å². The smallest absolute Gasteiger partial charge is 0.220 e. The van der Waals surface area contributed by atoms with Crippen molar-refractivity contribution in [3.63, 3.8) is 0 Å². The molecule has 0 heterocycles. The quantitative estimate of drug-likeness (QED) is 0.678. The summed E-state index contributed by atoms with van der Waals surface area (Å²) in [4.78, 5) is 11.4. The van der Waals surface area contributed by atoms with Crippen LogP contribution in [0.1, 0.15) is 46.5 Å². The van der Waals surface area contributed by atoms with Gasteiger partial charge in [-0.1, -0.05) is 43.1 Å². The summed E-state index contributed by atoms with van der Waals surface area (Å²) in [5, 5.41) is 4.05. The van der Waals surface area contributed by atoms with Gasteiger partial charge in [-0.2, -0.15) is 0 Å². The normalized spacial score (nSPS) is 12.9. The van der Waals surface area contributed by atoms with E-state index in [0.29, 0.717) is 18.3 Å². The van der Waals surface area contributed by atoms with E-state index in [9.17, 15) is 4.79 Å². The molecule has 0 bridgehead atoms. The van der Waals surface area contributed by atoms with Gasteiger partial charge >= 0.3 is 0 Å². The maximum Gasteiger partial charge on any atom is 0.220 e. The third-order valence-electron chi connectivity index (χ3n) is 2.40. The predicted octanol–water partition coefficient (Wildman–Crippen LogP) is 3.35. The second-order valence-electron chi connectivity index (χ2n) is 4.53. The third-order valence-corrected chi connectivity index (χ3v) is 2.85. The number of rotatable bonds is 8. The zero-order valence-corrected chi connectivity index (χ0v) is 11.8. The van der Waals surface area contributed by atoms with E-state index in [1.165, 1.54) is 12.8 Å². The van der Waals surface area contributed by atoms with E-state index in [4.69, 9.17) is 0 Å². The number of amides is 1. The molecule has 0 saturated heterocycles. The van der Waals surface area contributed by atoms with Gasteiger partial charge in [-0.3, -0.25) is 4.79 Å². The molecule has 90 valence electrons. The van der Waals surface area contributed by atoms with Crippen LogP contribution in [0.15, 0.2) is 0 Å². The first kappa shape index (κ1) is 14.9. The van der Waals surface area contributed by atoms with Crippen LogP contribution in [0.5, 0.6) is 0 Å². The second-order valence-corrected chi connectivity index (χ2v) is 5.33. The lowest BCUT2D eigenvalue weighted by molar-refractivity contribution is -0.121. The molecule has 0 aliphatic carbocycles. The first-order chi connectivity index (χ1) is 7.10. The van der Waals surface area contributed by atoms with Gasteiger partial charge in [0.1, 0.15) is 0 Å². The Morgan fingerprint density at radius 1 is 1.33 bits per heavy atom. The van der Waals surface area contributed by atoms with Crippen molar-refractivity contribution in [3.8, 4) is 0 Å². The zero-order valence-electron chi connectivity index (χ0n) is 10.2. The molecule has 0 saturated carbocycles. The summed E-state index contributed by atoms with van der Waals surface area (Å²) in [6.07, 6.45) is 4.19. The minimum Gasteiger partial charge on any atom is -0.356 e. The summed E-state index contributed by atoms with van der Waals surface area (Å²) >= 11 is 3.45. The van der Waals surface area contributed by atoms with Crippen molar-refractivity contribution in [1.82, 2.24) is 5.32 Å². The second kappa shape index (κ2) is 9.20. The Morgan fingerprint density at radius 3 is 2.47 bits per heavy atom. The van der Waals surface area contributed by atoms with E-state index in [1.807, 2.05) is 0 Å². The summed E-state index contributed by atoms with van der Waals surface area (Å²) < 4.78 is 0. The summed E-state index contributed by atoms with van der Waals surface area (Å²) in [6.45, 7) is 7.17. The number of halogens is 1. The Hall–Kier alpha value is -0.0500. The van der Waals surface area contributed by atoms with Gasteiger partial charge in [-0.05, 0) is 24.7 Å². The molecule has 0 aromatic carbocycles.